The summed E-state index contributed by atoms with van der Waals surface area (Å²) in [5.74, 6) is 0. The van der Waals surface area contributed by atoms with Gasteiger partial charge in [-0.3, -0.25) is 0 Å². The molecule has 100 valence electrons. The van der Waals surface area contributed by atoms with Crippen LogP contribution in [-0.4, -0.2) is 6.04 Å². The Bertz CT molecular complexity index is 471. The van der Waals surface area contributed by atoms with E-state index in [2.05, 4.69) is 0 Å². The minimum Gasteiger partial charge on any atom is -0.324 e. The van der Waals surface area contributed by atoms with Crippen LogP contribution in [0.15, 0.2) is 16.8 Å². The van der Waals surface area contributed by atoms with Gasteiger partial charge in [0.2, 0.25) is 0 Å². The molecule has 0 bridgehead atoms. The lowest BCUT2D eigenvalue weighted by atomic mass is 9.74. The first kappa shape index (κ1) is 13.6. The molecule has 2 N–H and O–H groups in total. The minimum absolute atomic E-state index is 0.0473. The molecule has 0 radical (unpaired) electrons. The number of hydrogen-bond donors (Lipinski definition) is 1. The van der Waals surface area contributed by atoms with Crippen molar-refractivity contribution in [1.29, 1.82) is 0 Å². The minimum atomic E-state index is -4.29. The standard InChI is InChI=1S/C13H16F3NS/c1-12(2)4-8(3-9(17)5-12)10-6-18-7-11(10)13(14,15)16/h3,6-7,9H,4-5,17H2,1-2H3. The molecule has 2 rings (SSSR count). The van der Waals surface area contributed by atoms with Gasteiger partial charge in [-0.25, -0.2) is 0 Å². The number of thiophene rings is 1. The molecule has 5 heteroatoms. The van der Waals surface area contributed by atoms with E-state index in [0.717, 1.165) is 23.3 Å². The molecule has 0 saturated heterocycles. The van der Waals surface area contributed by atoms with Gasteiger partial charge in [0.15, 0.2) is 0 Å². The average molecular weight is 275 g/mol. The van der Waals surface area contributed by atoms with Gasteiger partial charge in [0.05, 0.1) is 5.56 Å². The van der Waals surface area contributed by atoms with E-state index in [1.807, 2.05) is 13.8 Å². The van der Waals surface area contributed by atoms with Gasteiger partial charge >= 0.3 is 6.18 Å². The van der Waals surface area contributed by atoms with E-state index in [-0.39, 0.29) is 11.5 Å². The molecular weight excluding hydrogens is 259 g/mol. The van der Waals surface area contributed by atoms with Gasteiger partial charge in [-0.1, -0.05) is 19.9 Å². The third kappa shape index (κ3) is 2.78. The van der Waals surface area contributed by atoms with Crippen molar-refractivity contribution in [2.75, 3.05) is 0 Å². The maximum atomic E-state index is 12.9. The maximum Gasteiger partial charge on any atom is 0.417 e. The van der Waals surface area contributed by atoms with Gasteiger partial charge in [0.1, 0.15) is 0 Å². The molecule has 0 aromatic carbocycles. The number of hydrogen-bond acceptors (Lipinski definition) is 2. The molecule has 0 spiro atoms. The Hall–Kier alpha value is -0.810. The van der Waals surface area contributed by atoms with Crippen LogP contribution in [0.1, 0.15) is 37.8 Å². The van der Waals surface area contributed by atoms with E-state index in [9.17, 15) is 13.2 Å². The molecule has 0 amide bonds. The van der Waals surface area contributed by atoms with E-state index >= 15 is 0 Å². The van der Waals surface area contributed by atoms with Gasteiger partial charge in [-0.05, 0) is 29.2 Å². The Morgan fingerprint density at radius 3 is 2.56 bits per heavy atom. The molecule has 0 fully saturated rings. The van der Waals surface area contributed by atoms with E-state index in [1.54, 1.807) is 11.5 Å². The van der Waals surface area contributed by atoms with Crippen molar-refractivity contribution in [3.8, 4) is 0 Å². The quantitative estimate of drug-likeness (QED) is 0.812. The highest BCUT2D eigenvalue weighted by Crippen LogP contribution is 2.44. The predicted octanol–water partition coefficient (Wildman–Crippen LogP) is 4.30. The zero-order valence-electron chi connectivity index (χ0n) is 10.3. The van der Waals surface area contributed by atoms with Gasteiger partial charge < -0.3 is 5.73 Å². The Labute approximate surface area is 108 Å². The molecule has 1 aliphatic rings. The first-order chi connectivity index (χ1) is 8.19. The summed E-state index contributed by atoms with van der Waals surface area (Å²) < 4.78 is 38.6. The fourth-order valence-corrected chi connectivity index (χ4v) is 3.43. The molecule has 0 saturated carbocycles. The summed E-state index contributed by atoms with van der Waals surface area (Å²) in [5, 5.41) is 2.74. The zero-order chi connectivity index (χ0) is 13.6. The summed E-state index contributed by atoms with van der Waals surface area (Å²) in [6.45, 7) is 4.08. The third-order valence-electron chi connectivity index (χ3n) is 3.19. The highest BCUT2D eigenvalue weighted by atomic mass is 32.1. The Morgan fingerprint density at radius 1 is 1.33 bits per heavy atom. The number of halogens is 3. The normalized spacial score (nSPS) is 23.9. The second kappa shape index (κ2) is 4.38. The Morgan fingerprint density at radius 2 is 2.00 bits per heavy atom. The second-order valence-electron chi connectivity index (χ2n) is 5.60. The summed E-state index contributed by atoms with van der Waals surface area (Å²) in [6.07, 6.45) is -1.06. The number of alkyl halides is 3. The van der Waals surface area contributed by atoms with Crippen LogP contribution >= 0.6 is 11.3 Å². The maximum absolute atomic E-state index is 12.9. The second-order valence-corrected chi connectivity index (χ2v) is 6.34. The topological polar surface area (TPSA) is 26.0 Å². The molecule has 1 aliphatic carbocycles. The fourth-order valence-electron chi connectivity index (χ4n) is 2.55. The molecule has 0 aliphatic heterocycles. The molecule has 1 nitrogen and oxygen atoms in total. The van der Waals surface area contributed by atoms with Gasteiger partial charge in [-0.2, -0.15) is 24.5 Å². The summed E-state index contributed by atoms with van der Waals surface area (Å²) in [6, 6.07) is -0.162. The van der Waals surface area contributed by atoms with Crippen LogP contribution in [0.5, 0.6) is 0 Å². The van der Waals surface area contributed by atoms with Gasteiger partial charge in [-0.15, -0.1) is 0 Å². The predicted molar refractivity (Wildman–Crippen MR) is 68.3 cm³/mol. The van der Waals surface area contributed by atoms with Crippen molar-refractivity contribution < 1.29 is 13.2 Å². The molecule has 1 unspecified atom stereocenters. The zero-order valence-corrected chi connectivity index (χ0v) is 11.2. The van der Waals surface area contributed by atoms with Crippen molar-refractivity contribution >= 4 is 16.9 Å². The Balaban J connectivity index is 2.41. The van der Waals surface area contributed by atoms with Crippen molar-refractivity contribution in [1.82, 2.24) is 0 Å². The monoisotopic (exact) mass is 275 g/mol. The lowest BCUT2D eigenvalue weighted by molar-refractivity contribution is -0.137. The molecule has 1 atom stereocenters. The van der Waals surface area contributed by atoms with Crippen LogP contribution < -0.4 is 5.73 Å². The van der Waals surface area contributed by atoms with Gasteiger partial charge in [0.25, 0.3) is 0 Å². The lowest BCUT2D eigenvalue weighted by Gasteiger charge is -2.33. The van der Waals surface area contributed by atoms with Crippen LogP contribution in [0.3, 0.4) is 0 Å². The fraction of sp³-hybridized carbons (Fsp3) is 0.538. The van der Waals surface area contributed by atoms with Crippen LogP contribution in [0.2, 0.25) is 0 Å². The summed E-state index contributed by atoms with van der Waals surface area (Å²) >= 11 is 1.09. The first-order valence-electron chi connectivity index (χ1n) is 5.79. The number of allylic oxidation sites excluding steroid dienone is 1. The van der Waals surface area contributed by atoms with Crippen LogP contribution in [0.4, 0.5) is 13.2 Å². The lowest BCUT2D eigenvalue weighted by Crippen LogP contribution is -2.30. The van der Waals surface area contributed by atoms with Crippen molar-refractivity contribution in [3.05, 3.63) is 28.0 Å². The first-order valence-corrected chi connectivity index (χ1v) is 6.73. The SMILES string of the molecule is CC1(C)CC(c2cscc2C(F)(F)F)=CC(N)C1. The van der Waals surface area contributed by atoms with E-state index in [4.69, 9.17) is 5.73 Å². The van der Waals surface area contributed by atoms with Crippen molar-refractivity contribution in [2.45, 2.75) is 38.9 Å². The molecule has 1 heterocycles. The van der Waals surface area contributed by atoms with E-state index < -0.39 is 11.7 Å². The van der Waals surface area contributed by atoms with Gasteiger partial charge in [0, 0.05) is 17.0 Å². The van der Waals surface area contributed by atoms with Crippen LogP contribution in [-0.2, 0) is 6.18 Å². The van der Waals surface area contributed by atoms with Crippen LogP contribution in [0, 0.1) is 5.41 Å². The molecular formula is C13H16F3NS. The van der Waals surface area contributed by atoms with Crippen molar-refractivity contribution in [3.63, 3.8) is 0 Å². The van der Waals surface area contributed by atoms with Crippen molar-refractivity contribution in [2.24, 2.45) is 11.1 Å². The highest BCUT2D eigenvalue weighted by Gasteiger charge is 2.37. The highest BCUT2D eigenvalue weighted by molar-refractivity contribution is 7.08. The summed E-state index contributed by atoms with van der Waals surface area (Å²) in [5.41, 5.74) is 6.36. The summed E-state index contributed by atoms with van der Waals surface area (Å²) in [4.78, 5) is 0. The number of rotatable bonds is 1. The molecule has 1 aromatic heterocycles. The van der Waals surface area contributed by atoms with E-state index in [0.29, 0.717) is 12.0 Å². The number of nitrogens with two attached hydrogens (primary N) is 1. The average Bonchev–Trinajstić information content (AvgIpc) is 2.60. The molecule has 1 aromatic rings. The third-order valence-corrected chi connectivity index (χ3v) is 3.93. The smallest absolute Gasteiger partial charge is 0.324 e. The van der Waals surface area contributed by atoms with Crippen LogP contribution in [0.25, 0.3) is 5.57 Å². The summed E-state index contributed by atoms with van der Waals surface area (Å²) in [7, 11) is 0. The largest absolute Gasteiger partial charge is 0.417 e. The Kier molecular flexibility index (Phi) is 3.32. The molecule has 18 heavy (non-hydrogen) atoms. The van der Waals surface area contributed by atoms with E-state index in [1.165, 1.54) is 5.38 Å².